The van der Waals surface area contributed by atoms with E-state index in [1.807, 2.05) is 0 Å². The van der Waals surface area contributed by atoms with Gasteiger partial charge in [0.2, 0.25) is 5.91 Å². The summed E-state index contributed by atoms with van der Waals surface area (Å²) in [5.74, 6) is -0.167. The van der Waals surface area contributed by atoms with E-state index in [0.717, 1.165) is 0 Å². The predicted octanol–water partition coefficient (Wildman–Crippen LogP) is 0.109. The van der Waals surface area contributed by atoms with Crippen LogP contribution in [0.15, 0.2) is 0 Å². The molecule has 0 atom stereocenters. The monoisotopic (exact) mass is 149 g/mol. The Morgan fingerprint density at radius 2 is 2.40 bits per heavy atom. The first-order valence-electron chi connectivity index (χ1n) is 3.13. The van der Waals surface area contributed by atoms with Gasteiger partial charge in [0.15, 0.2) is 0 Å². The molecule has 4 heteroatoms. The number of nitrogens with one attached hydrogen (secondary N) is 1. The van der Waals surface area contributed by atoms with Crippen LogP contribution in [0.2, 0.25) is 0 Å². The van der Waals surface area contributed by atoms with Crippen molar-refractivity contribution in [2.24, 2.45) is 0 Å². The van der Waals surface area contributed by atoms with E-state index in [4.69, 9.17) is 0 Å². The highest BCUT2D eigenvalue weighted by molar-refractivity contribution is 5.75. The number of methoxy groups -OCH3 is 1. The van der Waals surface area contributed by atoms with Gasteiger partial charge in [-0.15, -0.1) is 0 Å². The lowest BCUT2D eigenvalue weighted by atomic mass is 10.4. The van der Waals surface area contributed by atoms with Gasteiger partial charge in [-0.05, 0) is 0 Å². The highest BCUT2D eigenvalue weighted by Gasteiger charge is 1.97. The van der Waals surface area contributed by atoms with Gasteiger partial charge in [0.05, 0.1) is 6.61 Å². The molecule has 0 bridgehead atoms. The number of amides is 1. The standard InChI is InChI=1S/C6H12FNO2/c1-10-5-2-6(9)8-4-3-7/h2-5H2,1H3,(H,8,9). The zero-order valence-corrected chi connectivity index (χ0v) is 6.02. The van der Waals surface area contributed by atoms with E-state index >= 15 is 0 Å². The van der Waals surface area contributed by atoms with Crippen LogP contribution >= 0.6 is 0 Å². The summed E-state index contributed by atoms with van der Waals surface area (Å²) in [4.78, 5) is 10.6. The number of alkyl halides is 1. The van der Waals surface area contributed by atoms with Gasteiger partial charge in [0, 0.05) is 20.1 Å². The minimum absolute atomic E-state index is 0.0997. The van der Waals surface area contributed by atoms with Gasteiger partial charge in [-0.1, -0.05) is 0 Å². The van der Waals surface area contributed by atoms with Gasteiger partial charge in [-0.25, -0.2) is 4.39 Å². The smallest absolute Gasteiger partial charge is 0.222 e. The van der Waals surface area contributed by atoms with Gasteiger partial charge >= 0.3 is 0 Å². The average molecular weight is 149 g/mol. The third kappa shape index (κ3) is 5.50. The topological polar surface area (TPSA) is 38.3 Å². The molecule has 3 nitrogen and oxygen atoms in total. The maximum Gasteiger partial charge on any atom is 0.222 e. The molecule has 0 aliphatic heterocycles. The molecule has 0 spiro atoms. The molecule has 0 fully saturated rings. The van der Waals surface area contributed by atoms with Crippen LogP contribution in [0.4, 0.5) is 4.39 Å². The van der Waals surface area contributed by atoms with Crippen LogP contribution in [-0.2, 0) is 9.53 Å². The highest BCUT2D eigenvalue weighted by Crippen LogP contribution is 1.79. The summed E-state index contributed by atoms with van der Waals surface area (Å²) in [6.45, 7) is -0.0284. The summed E-state index contributed by atoms with van der Waals surface area (Å²) in [7, 11) is 1.52. The largest absolute Gasteiger partial charge is 0.384 e. The van der Waals surface area contributed by atoms with Crippen molar-refractivity contribution >= 4 is 5.91 Å². The summed E-state index contributed by atoms with van der Waals surface area (Å²) in [5.41, 5.74) is 0. The second kappa shape index (κ2) is 6.48. The molecule has 0 radical (unpaired) electrons. The zero-order chi connectivity index (χ0) is 7.82. The average Bonchev–Trinajstić information content (AvgIpc) is 1.97. The van der Waals surface area contributed by atoms with Gasteiger partial charge in [-0.3, -0.25) is 4.79 Å². The molecule has 0 saturated heterocycles. The highest BCUT2D eigenvalue weighted by atomic mass is 19.1. The van der Waals surface area contributed by atoms with E-state index in [0.29, 0.717) is 13.0 Å². The van der Waals surface area contributed by atoms with Crippen molar-refractivity contribution in [3.05, 3.63) is 0 Å². The fraction of sp³-hybridized carbons (Fsp3) is 0.833. The molecule has 0 unspecified atom stereocenters. The fourth-order valence-corrected chi connectivity index (χ4v) is 0.470. The van der Waals surface area contributed by atoms with Crippen molar-refractivity contribution in [2.45, 2.75) is 6.42 Å². The fourth-order valence-electron chi connectivity index (χ4n) is 0.470. The summed E-state index contributed by atoms with van der Waals surface area (Å²) in [5, 5.41) is 2.37. The van der Waals surface area contributed by atoms with Crippen molar-refractivity contribution in [1.29, 1.82) is 0 Å². The normalized spacial score (nSPS) is 9.40. The number of carbonyl (C=O) groups is 1. The molecule has 1 N–H and O–H groups in total. The van der Waals surface area contributed by atoms with Crippen LogP contribution < -0.4 is 5.32 Å². The SMILES string of the molecule is COCCC(=O)NCCF. The lowest BCUT2D eigenvalue weighted by molar-refractivity contribution is -0.122. The minimum Gasteiger partial charge on any atom is -0.384 e. The van der Waals surface area contributed by atoms with E-state index in [2.05, 4.69) is 10.1 Å². The number of hydrogen-bond acceptors (Lipinski definition) is 2. The van der Waals surface area contributed by atoms with E-state index in [1.54, 1.807) is 0 Å². The Hall–Kier alpha value is -0.640. The summed E-state index contributed by atoms with van der Waals surface area (Å²) < 4.78 is 16.1. The maximum absolute atomic E-state index is 11.4. The molecule has 0 aliphatic rings. The molecule has 0 heterocycles. The van der Waals surface area contributed by atoms with E-state index < -0.39 is 6.67 Å². The number of hydrogen-bond donors (Lipinski definition) is 1. The van der Waals surface area contributed by atoms with Crippen molar-refractivity contribution < 1.29 is 13.9 Å². The molecule has 0 rings (SSSR count). The molecule has 0 saturated carbocycles. The van der Waals surface area contributed by atoms with Gasteiger partial charge in [0.25, 0.3) is 0 Å². The molecule has 0 aromatic rings. The van der Waals surface area contributed by atoms with Crippen LogP contribution in [0.1, 0.15) is 6.42 Å². The van der Waals surface area contributed by atoms with Crippen LogP contribution in [0.25, 0.3) is 0 Å². The van der Waals surface area contributed by atoms with Crippen LogP contribution in [0.5, 0.6) is 0 Å². The number of ether oxygens (including phenoxy) is 1. The molecule has 0 aromatic heterocycles. The lowest BCUT2D eigenvalue weighted by Gasteiger charge is -2.00. The molecular formula is C6H12FNO2. The summed E-state index contributed by atoms with van der Waals surface area (Å²) >= 11 is 0. The summed E-state index contributed by atoms with van der Waals surface area (Å²) in [6.07, 6.45) is 0.302. The van der Waals surface area contributed by atoms with Crippen molar-refractivity contribution in [3.63, 3.8) is 0 Å². The Bertz CT molecular complexity index is 87.7. The number of halogens is 1. The van der Waals surface area contributed by atoms with Crippen molar-refractivity contribution in [3.8, 4) is 0 Å². The molecule has 60 valence electrons. The Balaban J connectivity index is 3.09. The lowest BCUT2D eigenvalue weighted by Crippen LogP contribution is -2.26. The van der Waals surface area contributed by atoms with Gasteiger partial charge in [-0.2, -0.15) is 0 Å². The van der Waals surface area contributed by atoms with Crippen LogP contribution in [-0.4, -0.2) is 32.8 Å². The molecule has 1 amide bonds. The van der Waals surface area contributed by atoms with E-state index in [1.165, 1.54) is 7.11 Å². The Labute approximate surface area is 59.6 Å². The molecular weight excluding hydrogens is 137 g/mol. The second-order valence-corrected chi connectivity index (χ2v) is 1.78. The van der Waals surface area contributed by atoms with E-state index in [9.17, 15) is 9.18 Å². The van der Waals surface area contributed by atoms with Crippen molar-refractivity contribution in [2.75, 3.05) is 26.9 Å². The Kier molecular flexibility index (Phi) is 6.06. The number of rotatable bonds is 5. The summed E-state index contributed by atoms with van der Waals surface area (Å²) in [6, 6.07) is 0. The molecule has 0 aliphatic carbocycles. The maximum atomic E-state index is 11.4. The van der Waals surface area contributed by atoms with Crippen LogP contribution in [0, 0.1) is 0 Å². The Morgan fingerprint density at radius 3 is 2.90 bits per heavy atom. The first-order chi connectivity index (χ1) is 4.81. The van der Waals surface area contributed by atoms with Gasteiger partial charge < -0.3 is 10.1 Å². The number of carbonyl (C=O) groups excluding carboxylic acids is 1. The first kappa shape index (κ1) is 9.36. The quantitative estimate of drug-likeness (QED) is 0.602. The van der Waals surface area contributed by atoms with Crippen molar-refractivity contribution in [1.82, 2.24) is 5.32 Å². The van der Waals surface area contributed by atoms with E-state index in [-0.39, 0.29) is 12.5 Å². The third-order valence-electron chi connectivity index (χ3n) is 0.950. The molecule has 10 heavy (non-hydrogen) atoms. The third-order valence-corrected chi connectivity index (χ3v) is 0.950. The second-order valence-electron chi connectivity index (χ2n) is 1.78. The Morgan fingerprint density at radius 1 is 1.70 bits per heavy atom. The minimum atomic E-state index is -0.515. The van der Waals surface area contributed by atoms with Gasteiger partial charge in [0.1, 0.15) is 6.67 Å². The predicted molar refractivity (Wildman–Crippen MR) is 35.5 cm³/mol. The van der Waals surface area contributed by atoms with Crippen LogP contribution in [0.3, 0.4) is 0 Å². The zero-order valence-electron chi connectivity index (χ0n) is 6.02. The molecule has 0 aromatic carbocycles. The first-order valence-corrected chi connectivity index (χ1v) is 3.13.